The van der Waals surface area contributed by atoms with Crippen LogP contribution in [0.3, 0.4) is 0 Å². The Bertz CT molecular complexity index is 546. The molecule has 0 aliphatic carbocycles. The molecular weight excluding hydrogens is 293 g/mol. The van der Waals surface area contributed by atoms with Gasteiger partial charge in [0.1, 0.15) is 0 Å². The first-order chi connectivity index (χ1) is 9.65. The highest BCUT2D eigenvalue weighted by atomic mass is 19.4. The number of aliphatic hydroxyl groups is 1. The van der Waals surface area contributed by atoms with Gasteiger partial charge in [0.15, 0.2) is 6.04 Å². The molecule has 21 heavy (non-hydrogen) atoms. The fourth-order valence-electron chi connectivity index (χ4n) is 1.44. The van der Waals surface area contributed by atoms with Crippen LogP contribution >= 0.6 is 0 Å². The second-order valence-electron chi connectivity index (χ2n) is 4.20. The molecule has 2 amide bonds. The van der Waals surface area contributed by atoms with Crippen molar-refractivity contribution in [3.8, 4) is 0 Å². The summed E-state index contributed by atoms with van der Waals surface area (Å²) in [6, 6.07) is 0.213. The summed E-state index contributed by atoms with van der Waals surface area (Å²) in [6.07, 6.45) is -4.56. The Morgan fingerprint density at radius 2 is 1.95 bits per heavy atom. The van der Waals surface area contributed by atoms with E-state index in [1.54, 1.807) is 0 Å². The van der Waals surface area contributed by atoms with Crippen molar-refractivity contribution in [2.75, 3.05) is 11.9 Å². The van der Waals surface area contributed by atoms with Crippen molar-refractivity contribution in [1.82, 2.24) is 5.32 Å². The SMILES string of the molecule is Cc1ccc(C(F)(F)F)cc1NC(=O)N[C@H](CO)C(=O)O. The number of carbonyl (C=O) groups is 2. The highest BCUT2D eigenvalue weighted by Gasteiger charge is 2.31. The quantitative estimate of drug-likeness (QED) is 0.679. The maximum Gasteiger partial charge on any atom is 0.416 e. The van der Waals surface area contributed by atoms with Gasteiger partial charge in [-0.1, -0.05) is 6.07 Å². The molecular formula is C12H13F3N2O4. The molecule has 6 nitrogen and oxygen atoms in total. The Kier molecular flexibility index (Phi) is 5.14. The molecule has 0 fully saturated rings. The normalized spacial score (nSPS) is 12.6. The smallest absolute Gasteiger partial charge is 0.416 e. The lowest BCUT2D eigenvalue weighted by atomic mass is 10.1. The van der Waals surface area contributed by atoms with Gasteiger partial charge in [0.05, 0.1) is 12.2 Å². The zero-order valence-electron chi connectivity index (χ0n) is 10.9. The third-order valence-electron chi connectivity index (χ3n) is 2.60. The van der Waals surface area contributed by atoms with Gasteiger partial charge in [-0.15, -0.1) is 0 Å². The lowest BCUT2D eigenvalue weighted by molar-refractivity contribution is -0.140. The summed E-state index contributed by atoms with van der Waals surface area (Å²) >= 11 is 0. The minimum absolute atomic E-state index is 0.107. The van der Waals surface area contributed by atoms with Crippen LogP contribution in [0.15, 0.2) is 18.2 Å². The molecule has 1 atom stereocenters. The monoisotopic (exact) mass is 306 g/mol. The van der Waals surface area contributed by atoms with Crippen molar-refractivity contribution in [2.24, 2.45) is 0 Å². The number of carbonyl (C=O) groups excluding carboxylic acids is 1. The number of alkyl halides is 3. The Morgan fingerprint density at radius 1 is 1.33 bits per heavy atom. The molecule has 0 aliphatic rings. The molecule has 1 rings (SSSR count). The number of amides is 2. The fraction of sp³-hybridized carbons (Fsp3) is 0.333. The van der Waals surface area contributed by atoms with Crippen LogP contribution in [0, 0.1) is 6.92 Å². The van der Waals surface area contributed by atoms with E-state index in [4.69, 9.17) is 10.2 Å². The summed E-state index contributed by atoms with van der Waals surface area (Å²) in [6.45, 7) is 0.640. The lowest BCUT2D eigenvalue weighted by Crippen LogP contribution is -2.45. The van der Waals surface area contributed by atoms with Gasteiger partial charge in [0.25, 0.3) is 0 Å². The zero-order chi connectivity index (χ0) is 16.2. The van der Waals surface area contributed by atoms with Gasteiger partial charge in [-0.2, -0.15) is 13.2 Å². The minimum Gasteiger partial charge on any atom is -0.480 e. The van der Waals surface area contributed by atoms with E-state index >= 15 is 0 Å². The standard InChI is InChI=1S/C12H13F3N2O4/c1-6-2-3-7(12(13,14)15)4-8(6)16-11(21)17-9(5-18)10(19)20/h2-4,9,18H,5H2,1H3,(H,19,20)(H2,16,17,21)/t9-/m1/s1. The summed E-state index contributed by atoms with van der Waals surface area (Å²) in [5, 5.41) is 21.4. The average molecular weight is 306 g/mol. The number of benzene rings is 1. The number of carboxylic acid groups (broad SMARTS) is 1. The molecule has 0 heterocycles. The number of rotatable bonds is 4. The average Bonchev–Trinajstić information content (AvgIpc) is 2.36. The summed E-state index contributed by atoms with van der Waals surface area (Å²) in [5.41, 5.74) is -0.682. The number of hydrogen-bond acceptors (Lipinski definition) is 3. The predicted molar refractivity (Wildman–Crippen MR) is 66.8 cm³/mol. The zero-order valence-corrected chi connectivity index (χ0v) is 10.9. The first-order valence-corrected chi connectivity index (χ1v) is 5.74. The van der Waals surface area contributed by atoms with Crippen molar-refractivity contribution < 1.29 is 33.0 Å². The van der Waals surface area contributed by atoms with Crippen LogP contribution in [0.1, 0.15) is 11.1 Å². The molecule has 1 aromatic carbocycles. The largest absolute Gasteiger partial charge is 0.480 e. The van der Waals surface area contributed by atoms with Gasteiger partial charge in [-0.25, -0.2) is 9.59 Å². The molecule has 0 aliphatic heterocycles. The number of carboxylic acids is 1. The minimum atomic E-state index is -4.56. The summed E-state index contributed by atoms with van der Waals surface area (Å²) in [5.74, 6) is -1.46. The van der Waals surface area contributed by atoms with E-state index in [2.05, 4.69) is 5.32 Å². The van der Waals surface area contributed by atoms with E-state index in [9.17, 15) is 22.8 Å². The van der Waals surface area contributed by atoms with Crippen LogP contribution in [0.2, 0.25) is 0 Å². The van der Waals surface area contributed by atoms with Gasteiger partial charge >= 0.3 is 18.2 Å². The van der Waals surface area contributed by atoms with Crippen molar-refractivity contribution >= 4 is 17.7 Å². The number of hydrogen-bond donors (Lipinski definition) is 4. The second kappa shape index (κ2) is 6.44. The highest BCUT2D eigenvalue weighted by Crippen LogP contribution is 2.31. The molecule has 1 aromatic rings. The topological polar surface area (TPSA) is 98.7 Å². The summed E-state index contributed by atoms with van der Waals surface area (Å²) in [7, 11) is 0. The van der Waals surface area contributed by atoms with Crippen LogP contribution < -0.4 is 10.6 Å². The molecule has 116 valence electrons. The molecule has 0 bridgehead atoms. The van der Waals surface area contributed by atoms with Crippen LogP contribution in [-0.2, 0) is 11.0 Å². The number of halogens is 3. The van der Waals surface area contributed by atoms with E-state index in [0.29, 0.717) is 5.56 Å². The van der Waals surface area contributed by atoms with Gasteiger partial charge in [0.2, 0.25) is 0 Å². The molecule has 9 heteroatoms. The molecule has 0 spiro atoms. The van der Waals surface area contributed by atoms with Gasteiger partial charge in [-0.3, -0.25) is 0 Å². The third kappa shape index (κ3) is 4.63. The molecule has 0 saturated heterocycles. The van der Waals surface area contributed by atoms with Crippen molar-refractivity contribution in [2.45, 2.75) is 19.1 Å². The number of anilines is 1. The van der Waals surface area contributed by atoms with Crippen molar-refractivity contribution in [1.29, 1.82) is 0 Å². The van der Waals surface area contributed by atoms with E-state index in [1.165, 1.54) is 13.0 Å². The van der Waals surface area contributed by atoms with E-state index in [1.807, 2.05) is 5.32 Å². The van der Waals surface area contributed by atoms with Crippen LogP contribution in [0.4, 0.5) is 23.7 Å². The van der Waals surface area contributed by atoms with E-state index in [0.717, 1.165) is 12.1 Å². The summed E-state index contributed by atoms with van der Waals surface area (Å²) in [4.78, 5) is 22.1. The van der Waals surface area contributed by atoms with Crippen LogP contribution in [0.5, 0.6) is 0 Å². The van der Waals surface area contributed by atoms with E-state index < -0.39 is 36.4 Å². The first-order valence-electron chi connectivity index (χ1n) is 5.74. The molecule has 0 unspecified atom stereocenters. The third-order valence-corrected chi connectivity index (χ3v) is 2.60. The Morgan fingerprint density at radius 3 is 2.43 bits per heavy atom. The van der Waals surface area contributed by atoms with Crippen molar-refractivity contribution in [3.63, 3.8) is 0 Å². The second-order valence-corrected chi connectivity index (χ2v) is 4.20. The Balaban J connectivity index is 2.87. The fourth-order valence-corrected chi connectivity index (χ4v) is 1.44. The van der Waals surface area contributed by atoms with Gasteiger partial charge in [-0.05, 0) is 24.6 Å². The Hall–Kier alpha value is -2.29. The van der Waals surface area contributed by atoms with Gasteiger partial charge in [0, 0.05) is 5.69 Å². The molecule has 0 aromatic heterocycles. The number of nitrogens with one attached hydrogen (secondary N) is 2. The lowest BCUT2D eigenvalue weighted by Gasteiger charge is -2.15. The molecule has 0 saturated carbocycles. The molecule has 0 radical (unpaired) electrons. The highest BCUT2D eigenvalue weighted by molar-refractivity contribution is 5.93. The van der Waals surface area contributed by atoms with Gasteiger partial charge < -0.3 is 20.8 Å². The first kappa shape index (κ1) is 16.8. The number of aliphatic hydroxyl groups excluding tert-OH is 1. The summed E-state index contributed by atoms with van der Waals surface area (Å²) < 4.78 is 37.7. The Labute approximate surface area is 117 Å². The van der Waals surface area contributed by atoms with E-state index in [-0.39, 0.29) is 5.69 Å². The number of aryl methyl sites for hydroxylation is 1. The van der Waals surface area contributed by atoms with Crippen LogP contribution in [0.25, 0.3) is 0 Å². The van der Waals surface area contributed by atoms with Crippen molar-refractivity contribution in [3.05, 3.63) is 29.3 Å². The number of urea groups is 1. The maximum absolute atomic E-state index is 12.6. The predicted octanol–water partition coefficient (Wildman–Crippen LogP) is 1.58. The maximum atomic E-state index is 12.6. The molecule has 4 N–H and O–H groups in total. The van der Waals surface area contributed by atoms with Crippen LogP contribution in [-0.4, -0.2) is 34.9 Å². The number of aliphatic carboxylic acids is 1.